The number of carboxylic acids is 1. The lowest BCUT2D eigenvalue weighted by atomic mass is 9.86. The first-order chi connectivity index (χ1) is 14.0. The Morgan fingerprint density at radius 1 is 1.00 bits per heavy atom. The molecule has 1 aliphatic rings. The SMILES string of the molecule is CCCCCCCCCC[C@H]1CCC(=O)[C@@H]1CCCCCC(C(=O)O)C(O)OC. The number of carbonyl (C=O) groups excluding carboxylic acids is 1. The summed E-state index contributed by atoms with van der Waals surface area (Å²) < 4.78 is 4.75. The molecule has 1 saturated carbocycles. The van der Waals surface area contributed by atoms with Crippen LogP contribution in [0.2, 0.25) is 0 Å². The summed E-state index contributed by atoms with van der Waals surface area (Å²) >= 11 is 0. The van der Waals surface area contributed by atoms with Crippen molar-refractivity contribution >= 4 is 11.8 Å². The molecule has 0 aromatic rings. The van der Waals surface area contributed by atoms with E-state index in [4.69, 9.17) is 9.84 Å². The lowest BCUT2D eigenvalue weighted by molar-refractivity contribution is -0.164. The molecule has 0 heterocycles. The van der Waals surface area contributed by atoms with Gasteiger partial charge in [-0.05, 0) is 31.6 Å². The van der Waals surface area contributed by atoms with Crippen molar-refractivity contribution in [2.75, 3.05) is 7.11 Å². The number of hydrogen-bond donors (Lipinski definition) is 2. The largest absolute Gasteiger partial charge is 0.481 e. The predicted octanol–water partition coefficient (Wildman–Crippen LogP) is 5.73. The fraction of sp³-hybridized carbons (Fsp3) is 0.917. The molecule has 0 aliphatic heterocycles. The number of ether oxygens (including phenoxy) is 1. The highest BCUT2D eigenvalue weighted by atomic mass is 16.6. The molecular weight excluding hydrogens is 368 g/mol. The summed E-state index contributed by atoms with van der Waals surface area (Å²) in [6.07, 6.45) is 16.3. The lowest BCUT2D eigenvalue weighted by Gasteiger charge is -2.19. The van der Waals surface area contributed by atoms with Gasteiger partial charge in [-0.1, -0.05) is 77.6 Å². The maximum Gasteiger partial charge on any atom is 0.311 e. The molecule has 1 fully saturated rings. The maximum absolute atomic E-state index is 12.3. The molecule has 0 amide bonds. The third-order valence-electron chi connectivity index (χ3n) is 6.61. The molecule has 2 N–H and O–H groups in total. The molecule has 0 spiro atoms. The number of unbranched alkanes of at least 4 members (excludes halogenated alkanes) is 9. The van der Waals surface area contributed by atoms with Crippen LogP contribution in [-0.2, 0) is 14.3 Å². The standard InChI is InChI=1S/C24H44O5/c1-3-4-5-6-7-8-9-11-14-19-17-18-22(25)20(19)15-12-10-13-16-21(23(26)27)24(28)29-2/h19-21,24,28H,3-18H2,1-2H3,(H,26,27)/t19-,20+,21?,24?/m0/s1. The monoisotopic (exact) mass is 412 g/mol. The van der Waals surface area contributed by atoms with E-state index in [9.17, 15) is 14.7 Å². The van der Waals surface area contributed by atoms with Gasteiger partial charge in [0.05, 0.1) is 0 Å². The number of methoxy groups -OCH3 is 1. The van der Waals surface area contributed by atoms with Crippen molar-refractivity contribution in [3.8, 4) is 0 Å². The average molecular weight is 413 g/mol. The first kappa shape index (κ1) is 26.1. The Bertz CT molecular complexity index is 451. The van der Waals surface area contributed by atoms with Crippen LogP contribution in [0.3, 0.4) is 0 Å². The van der Waals surface area contributed by atoms with Crippen LogP contribution in [-0.4, -0.2) is 35.4 Å². The smallest absolute Gasteiger partial charge is 0.311 e. The molecular formula is C24H44O5. The van der Waals surface area contributed by atoms with Gasteiger partial charge in [0, 0.05) is 19.4 Å². The van der Waals surface area contributed by atoms with Gasteiger partial charge in [-0.2, -0.15) is 0 Å². The first-order valence-corrected chi connectivity index (χ1v) is 12.0. The van der Waals surface area contributed by atoms with E-state index < -0.39 is 18.2 Å². The van der Waals surface area contributed by atoms with Gasteiger partial charge in [-0.15, -0.1) is 0 Å². The predicted molar refractivity (Wildman–Crippen MR) is 116 cm³/mol. The minimum atomic E-state index is -1.25. The number of ketones is 1. The molecule has 0 bridgehead atoms. The van der Waals surface area contributed by atoms with Crippen molar-refractivity contribution in [3.05, 3.63) is 0 Å². The molecule has 5 heteroatoms. The minimum absolute atomic E-state index is 0.222. The Balaban J connectivity index is 2.18. The van der Waals surface area contributed by atoms with E-state index in [0.29, 0.717) is 18.1 Å². The van der Waals surface area contributed by atoms with Crippen molar-refractivity contribution in [1.82, 2.24) is 0 Å². The molecule has 4 atom stereocenters. The molecule has 0 aromatic carbocycles. The lowest BCUT2D eigenvalue weighted by Crippen LogP contribution is -2.29. The number of rotatable bonds is 18. The third kappa shape index (κ3) is 10.6. The summed E-state index contributed by atoms with van der Waals surface area (Å²) in [5.74, 6) is -0.671. The van der Waals surface area contributed by atoms with Gasteiger partial charge in [0.1, 0.15) is 11.7 Å². The Hall–Kier alpha value is -0.940. The van der Waals surface area contributed by atoms with Crippen LogP contribution in [0.25, 0.3) is 0 Å². The van der Waals surface area contributed by atoms with Crippen LogP contribution >= 0.6 is 0 Å². The molecule has 170 valence electrons. The van der Waals surface area contributed by atoms with Crippen molar-refractivity contribution in [1.29, 1.82) is 0 Å². The number of aliphatic carboxylic acids is 1. The fourth-order valence-electron chi connectivity index (χ4n) is 4.72. The summed E-state index contributed by atoms with van der Waals surface area (Å²) in [6, 6.07) is 0. The first-order valence-electron chi connectivity index (χ1n) is 12.0. The summed E-state index contributed by atoms with van der Waals surface area (Å²) in [6.45, 7) is 2.25. The van der Waals surface area contributed by atoms with Crippen molar-refractivity contribution in [2.24, 2.45) is 17.8 Å². The second-order valence-corrected chi connectivity index (χ2v) is 8.84. The highest BCUT2D eigenvalue weighted by molar-refractivity contribution is 5.83. The third-order valence-corrected chi connectivity index (χ3v) is 6.61. The zero-order valence-corrected chi connectivity index (χ0v) is 18.7. The van der Waals surface area contributed by atoms with Crippen LogP contribution < -0.4 is 0 Å². The normalized spacial score (nSPS) is 21.4. The number of aliphatic hydroxyl groups is 1. The number of hydrogen-bond acceptors (Lipinski definition) is 4. The van der Waals surface area contributed by atoms with Crippen molar-refractivity contribution in [3.63, 3.8) is 0 Å². The molecule has 1 rings (SSSR count). The fourth-order valence-corrected chi connectivity index (χ4v) is 4.72. The number of carboxylic acid groups (broad SMARTS) is 1. The second-order valence-electron chi connectivity index (χ2n) is 8.84. The number of carbonyl (C=O) groups is 2. The molecule has 1 aliphatic carbocycles. The summed E-state index contributed by atoms with van der Waals surface area (Å²) in [5.41, 5.74) is 0. The van der Waals surface area contributed by atoms with Crippen LogP contribution in [0.15, 0.2) is 0 Å². The molecule has 0 radical (unpaired) electrons. The van der Waals surface area contributed by atoms with Crippen molar-refractivity contribution in [2.45, 2.75) is 116 Å². The van der Waals surface area contributed by atoms with E-state index in [1.54, 1.807) is 0 Å². The van der Waals surface area contributed by atoms with E-state index in [-0.39, 0.29) is 5.92 Å². The maximum atomic E-state index is 12.3. The number of Topliss-reactive ketones (excluding diaryl/α,β-unsaturated/α-hetero) is 1. The second kappa shape index (κ2) is 15.8. The Kier molecular flexibility index (Phi) is 14.3. The van der Waals surface area contributed by atoms with E-state index in [0.717, 1.165) is 38.5 Å². The molecule has 0 saturated heterocycles. The van der Waals surface area contributed by atoms with Crippen LogP contribution in [0.1, 0.15) is 110 Å². The van der Waals surface area contributed by atoms with Crippen LogP contribution in [0, 0.1) is 17.8 Å². The summed E-state index contributed by atoms with van der Waals surface area (Å²) in [4.78, 5) is 23.5. The van der Waals surface area contributed by atoms with Crippen LogP contribution in [0.4, 0.5) is 0 Å². The van der Waals surface area contributed by atoms with Gasteiger partial charge in [-0.25, -0.2) is 0 Å². The quantitative estimate of drug-likeness (QED) is 0.222. The topological polar surface area (TPSA) is 83.8 Å². The zero-order valence-electron chi connectivity index (χ0n) is 18.7. The van der Waals surface area contributed by atoms with Gasteiger partial charge in [-0.3, -0.25) is 9.59 Å². The zero-order chi connectivity index (χ0) is 21.5. The van der Waals surface area contributed by atoms with Gasteiger partial charge in [0.25, 0.3) is 0 Å². The van der Waals surface area contributed by atoms with Crippen molar-refractivity contribution < 1.29 is 24.5 Å². The van der Waals surface area contributed by atoms with Gasteiger partial charge >= 0.3 is 5.97 Å². The molecule has 29 heavy (non-hydrogen) atoms. The highest BCUT2D eigenvalue weighted by Gasteiger charge is 2.33. The van der Waals surface area contributed by atoms with Gasteiger partial charge in [0.2, 0.25) is 0 Å². The molecule has 0 aromatic heterocycles. The van der Waals surface area contributed by atoms with E-state index in [1.165, 1.54) is 64.9 Å². The summed E-state index contributed by atoms with van der Waals surface area (Å²) in [5, 5.41) is 18.8. The Labute approximate surface area is 177 Å². The highest BCUT2D eigenvalue weighted by Crippen LogP contribution is 2.36. The van der Waals surface area contributed by atoms with E-state index >= 15 is 0 Å². The average Bonchev–Trinajstić information content (AvgIpc) is 3.05. The van der Waals surface area contributed by atoms with Crippen LogP contribution in [0.5, 0.6) is 0 Å². The van der Waals surface area contributed by atoms with Gasteiger partial charge in [0.15, 0.2) is 6.29 Å². The Morgan fingerprint density at radius 3 is 2.21 bits per heavy atom. The van der Waals surface area contributed by atoms with E-state index in [2.05, 4.69) is 6.92 Å². The molecule has 5 nitrogen and oxygen atoms in total. The molecule has 2 unspecified atom stereocenters. The Morgan fingerprint density at radius 2 is 1.59 bits per heavy atom. The van der Waals surface area contributed by atoms with Gasteiger partial charge < -0.3 is 14.9 Å². The summed E-state index contributed by atoms with van der Waals surface area (Å²) in [7, 11) is 1.32. The number of aliphatic hydroxyl groups excluding tert-OH is 1. The van der Waals surface area contributed by atoms with E-state index in [1.807, 2.05) is 0 Å². The minimum Gasteiger partial charge on any atom is -0.481 e.